The van der Waals surface area contributed by atoms with E-state index in [9.17, 15) is 5.11 Å². The zero-order valence-corrected chi connectivity index (χ0v) is 8.96. The summed E-state index contributed by atoms with van der Waals surface area (Å²) in [5.74, 6) is 0.312. The van der Waals surface area contributed by atoms with Gasteiger partial charge in [-0.3, -0.25) is 0 Å². The first-order valence-electron chi connectivity index (χ1n) is 5.71. The molecule has 2 unspecified atom stereocenters. The molecule has 2 heteroatoms. The molecule has 0 aromatic heterocycles. The van der Waals surface area contributed by atoms with E-state index in [0.29, 0.717) is 5.92 Å². The van der Waals surface area contributed by atoms with Gasteiger partial charge in [0.05, 0.1) is 12.2 Å². The maximum atomic E-state index is 10.5. The fourth-order valence-electron chi connectivity index (χ4n) is 2.54. The van der Waals surface area contributed by atoms with Crippen LogP contribution < -0.4 is 0 Å². The number of aliphatic hydroxyl groups is 1. The highest BCUT2D eigenvalue weighted by Crippen LogP contribution is 2.36. The van der Waals surface area contributed by atoms with Gasteiger partial charge in [0.1, 0.15) is 0 Å². The summed E-state index contributed by atoms with van der Waals surface area (Å²) in [5.41, 5.74) is 0.635. The van der Waals surface area contributed by atoms with Crippen molar-refractivity contribution >= 4 is 0 Å². The second-order valence-electron chi connectivity index (χ2n) is 4.68. The molecule has 1 N–H and O–H groups in total. The van der Waals surface area contributed by atoms with Crippen LogP contribution in [-0.4, -0.2) is 23.9 Å². The smallest absolute Gasteiger partial charge is 0.0879 e. The fourth-order valence-corrected chi connectivity index (χ4v) is 2.54. The van der Waals surface area contributed by atoms with Gasteiger partial charge in [-0.05, 0) is 44.6 Å². The van der Waals surface area contributed by atoms with Crippen LogP contribution in [0.4, 0.5) is 0 Å². The number of allylic oxidation sites excluding steroid dienone is 1. The quantitative estimate of drug-likeness (QED) is 0.686. The molecule has 0 saturated carbocycles. The Balaban J connectivity index is 2.08. The molecule has 0 amide bonds. The lowest BCUT2D eigenvalue weighted by Gasteiger charge is -2.33. The van der Waals surface area contributed by atoms with E-state index in [1.54, 1.807) is 0 Å². The number of hydrogen-bond donors (Lipinski definition) is 1. The van der Waals surface area contributed by atoms with Gasteiger partial charge in [-0.15, -0.1) is 0 Å². The summed E-state index contributed by atoms with van der Waals surface area (Å²) < 4.78 is 5.35. The molecule has 2 aliphatic rings. The predicted molar refractivity (Wildman–Crippen MR) is 56.1 cm³/mol. The minimum Gasteiger partial charge on any atom is -0.385 e. The van der Waals surface area contributed by atoms with Crippen molar-refractivity contribution in [2.75, 3.05) is 13.2 Å². The van der Waals surface area contributed by atoms with Crippen molar-refractivity contribution in [1.29, 1.82) is 0 Å². The molecule has 0 aromatic rings. The molecule has 0 aromatic carbocycles. The van der Waals surface area contributed by atoms with Crippen molar-refractivity contribution in [3.05, 3.63) is 11.6 Å². The van der Waals surface area contributed by atoms with Crippen molar-refractivity contribution in [3.8, 4) is 0 Å². The molecule has 1 heterocycles. The standard InChI is InChI=1S/C12H20O2/c1-12(13,11-7-8-14-9-11)10-5-3-2-4-6-10/h5,11,13H,2-4,6-9H2,1H3. The molecule has 1 fully saturated rings. The van der Waals surface area contributed by atoms with Crippen LogP contribution in [0.5, 0.6) is 0 Å². The Morgan fingerprint density at radius 3 is 2.93 bits per heavy atom. The third-order valence-electron chi connectivity index (χ3n) is 3.67. The van der Waals surface area contributed by atoms with Gasteiger partial charge in [0.15, 0.2) is 0 Å². The van der Waals surface area contributed by atoms with Crippen LogP contribution >= 0.6 is 0 Å². The maximum Gasteiger partial charge on any atom is 0.0879 e. The van der Waals surface area contributed by atoms with Gasteiger partial charge in [0.2, 0.25) is 0 Å². The monoisotopic (exact) mass is 196 g/mol. The van der Waals surface area contributed by atoms with E-state index in [2.05, 4.69) is 6.08 Å². The normalized spacial score (nSPS) is 32.4. The van der Waals surface area contributed by atoms with Gasteiger partial charge in [-0.1, -0.05) is 6.08 Å². The van der Waals surface area contributed by atoms with Crippen molar-refractivity contribution in [3.63, 3.8) is 0 Å². The van der Waals surface area contributed by atoms with Gasteiger partial charge in [-0.2, -0.15) is 0 Å². The van der Waals surface area contributed by atoms with Crippen LogP contribution in [0.2, 0.25) is 0 Å². The Bertz CT molecular complexity index is 224. The minimum atomic E-state index is -0.614. The topological polar surface area (TPSA) is 29.5 Å². The second kappa shape index (κ2) is 4.03. The van der Waals surface area contributed by atoms with Gasteiger partial charge in [-0.25, -0.2) is 0 Å². The van der Waals surface area contributed by atoms with E-state index >= 15 is 0 Å². The van der Waals surface area contributed by atoms with E-state index in [-0.39, 0.29) is 0 Å². The van der Waals surface area contributed by atoms with Crippen LogP contribution in [0.25, 0.3) is 0 Å². The van der Waals surface area contributed by atoms with Crippen molar-refractivity contribution in [2.45, 2.75) is 44.6 Å². The molecule has 2 rings (SSSR count). The first-order chi connectivity index (χ1) is 6.71. The molecule has 1 aliphatic carbocycles. The SMILES string of the molecule is CC(O)(C1=CCCCC1)C1CCOC1. The second-order valence-corrected chi connectivity index (χ2v) is 4.68. The van der Waals surface area contributed by atoms with Gasteiger partial charge in [0, 0.05) is 12.5 Å². The summed E-state index contributed by atoms with van der Waals surface area (Å²) in [6, 6.07) is 0. The average Bonchev–Trinajstić information content (AvgIpc) is 2.72. The highest BCUT2D eigenvalue weighted by atomic mass is 16.5. The summed E-state index contributed by atoms with van der Waals surface area (Å²) in [7, 11) is 0. The van der Waals surface area contributed by atoms with Crippen molar-refractivity contribution in [2.24, 2.45) is 5.92 Å². The fraction of sp³-hybridized carbons (Fsp3) is 0.833. The largest absolute Gasteiger partial charge is 0.385 e. The van der Waals surface area contributed by atoms with Gasteiger partial charge in [0.25, 0.3) is 0 Å². The molecule has 2 nitrogen and oxygen atoms in total. The van der Waals surface area contributed by atoms with E-state index in [4.69, 9.17) is 4.74 Å². The van der Waals surface area contributed by atoms with Crippen LogP contribution in [0, 0.1) is 5.92 Å². The van der Waals surface area contributed by atoms with Crippen LogP contribution in [0.3, 0.4) is 0 Å². The highest BCUT2D eigenvalue weighted by molar-refractivity contribution is 5.19. The molecular weight excluding hydrogens is 176 g/mol. The molecule has 0 spiro atoms. The third-order valence-corrected chi connectivity index (χ3v) is 3.67. The van der Waals surface area contributed by atoms with Crippen molar-refractivity contribution < 1.29 is 9.84 Å². The molecule has 1 saturated heterocycles. The number of ether oxygens (including phenoxy) is 1. The number of rotatable bonds is 2. The summed E-state index contributed by atoms with van der Waals surface area (Å²) in [6.45, 7) is 3.50. The Morgan fingerprint density at radius 2 is 2.36 bits per heavy atom. The zero-order valence-electron chi connectivity index (χ0n) is 8.96. The minimum absolute atomic E-state index is 0.312. The van der Waals surface area contributed by atoms with Gasteiger partial charge < -0.3 is 9.84 Å². The Kier molecular flexibility index (Phi) is 2.93. The molecule has 80 valence electrons. The first-order valence-corrected chi connectivity index (χ1v) is 5.71. The first kappa shape index (κ1) is 10.2. The Morgan fingerprint density at radius 1 is 1.50 bits per heavy atom. The Labute approximate surface area is 86.0 Å². The molecule has 2 atom stereocenters. The van der Waals surface area contributed by atoms with Crippen LogP contribution in [-0.2, 0) is 4.74 Å². The molecule has 14 heavy (non-hydrogen) atoms. The summed E-state index contributed by atoms with van der Waals surface area (Å²) in [6.07, 6.45) is 7.96. The summed E-state index contributed by atoms with van der Waals surface area (Å²) >= 11 is 0. The highest BCUT2D eigenvalue weighted by Gasteiger charge is 2.37. The summed E-state index contributed by atoms with van der Waals surface area (Å²) in [4.78, 5) is 0. The van der Waals surface area contributed by atoms with Crippen molar-refractivity contribution in [1.82, 2.24) is 0 Å². The molecular formula is C12H20O2. The van der Waals surface area contributed by atoms with E-state index in [1.165, 1.54) is 18.4 Å². The molecule has 1 aliphatic heterocycles. The van der Waals surface area contributed by atoms with E-state index in [0.717, 1.165) is 32.5 Å². The van der Waals surface area contributed by atoms with Crippen LogP contribution in [0.15, 0.2) is 11.6 Å². The predicted octanol–water partition coefficient (Wildman–Crippen LogP) is 2.27. The van der Waals surface area contributed by atoms with Gasteiger partial charge >= 0.3 is 0 Å². The Hall–Kier alpha value is -0.340. The molecule has 0 radical (unpaired) electrons. The zero-order chi connectivity index (χ0) is 10.0. The van der Waals surface area contributed by atoms with E-state index < -0.39 is 5.60 Å². The summed E-state index contributed by atoms with van der Waals surface area (Å²) in [5, 5.41) is 10.5. The number of hydrogen-bond acceptors (Lipinski definition) is 2. The lowest BCUT2D eigenvalue weighted by Crippen LogP contribution is -2.37. The van der Waals surface area contributed by atoms with E-state index in [1.807, 2.05) is 6.92 Å². The maximum absolute atomic E-state index is 10.5. The lowest BCUT2D eigenvalue weighted by atomic mass is 9.78. The lowest BCUT2D eigenvalue weighted by molar-refractivity contribution is 0.0240. The molecule has 0 bridgehead atoms. The third kappa shape index (κ3) is 1.86. The average molecular weight is 196 g/mol. The van der Waals surface area contributed by atoms with Crippen LogP contribution in [0.1, 0.15) is 39.0 Å².